The summed E-state index contributed by atoms with van der Waals surface area (Å²) in [5.74, 6) is 0. The predicted octanol–water partition coefficient (Wildman–Crippen LogP) is 4.61. The van der Waals surface area contributed by atoms with E-state index in [-0.39, 0.29) is 0 Å². The first-order valence-electron chi connectivity index (χ1n) is 8.31. The molecule has 2 aromatic rings. The van der Waals surface area contributed by atoms with Gasteiger partial charge in [-0.2, -0.15) is 0 Å². The molecule has 116 valence electrons. The van der Waals surface area contributed by atoms with Gasteiger partial charge in [0.05, 0.1) is 0 Å². The molecule has 0 saturated heterocycles. The van der Waals surface area contributed by atoms with Gasteiger partial charge in [-0.15, -0.1) is 6.58 Å². The van der Waals surface area contributed by atoms with Gasteiger partial charge in [-0.3, -0.25) is 0 Å². The molecular formula is C22H25B. The first-order valence-corrected chi connectivity index (χ1v) is 8.31. The standard InChI is InChI=1S/C19H19B.C3H6/c1-16-12-14-19(15-13-16)20(17-8-4-2-5-9-17)18-10-6-3-7-11-18;1-3-2/h2,4-6,8-15H,3,7H2,1H3;3H,1H2,2H3. The molecule has 0 amide bonds. The molecule has 2 aromatic carbocycles. The van der Waals surface area contributed by atoms with Crippen molar-refractivity contribution in [3.63, 3.8) is 0 Å². The maximum absolute atomic E-state index is 3.36. The average Bonchev–Trinajstić information content (AvgIpc) is 2.60. The molecule has 0 spiro atoms. The van der Waals surface area contributed by atoms with Gasteiger partial charge >= 0.3 is 0 Å². The lowest BCUT2D eigenvalue weighted by molar-refractivity contribution is 1.03. The Hall–Kier alpha value is -2.28. The minimum Gasteiger partial charge on any atom is -0.103 e. The molecule has 0 radical (unpaired) electrons. The normalized spacial score (nSPS) is 12.7. The van der Waals surface area contributed by atoms with Crippen LogP contribution in [0.1, 0.15) is 25.3 Å². The summed E-state index contributed by atoms with van der Waals surface area (Å²) < 4.78 is 0. The van der Waals surface area contributed by atoms with E-state index in [1.165, 1.54) is 28.4 Å². The van der Waals surface area contributed by atoms with Crippen molar-refractivity contribution >= 4 is 17.6 Å². The number of hydrogen-bond acceptors (Lipinski definition) is 0. The molecule has 0 bridgehead atoms. The monoisotopic (exact) mass is 300 g/mol. The fraction of sp³-hybridized carbons (Fsp3) is 0.182. The minimum absolute atomic E-state index is 0.355. The van der Waals surface area contributed by atoms with Gasteiger partial charge in [-0.05, 0) is 26.7 Å². The van der Waals surface area contributed by atoms with Crippen molar-refractivity contribution in [3.05, 3.63) is 96.5 Å². The first-order chi connectivity index (χ1) is 11.3. The lowest BCUT2D eigenvalue weighted by Crippen LogP contribution is -2.44. The van der Waals surface area contributed by atoms with Crippen molar-refractivity contribution in [3.8, 4) is 0 Å². The van der Waals surface area contributed by atoms with Gasteiger partial charge in [-0.1, -0.05) is 101 Å². The van der Waals surface area contributed by atoms with Crippen LogP contribution in [-0.2, 0) is 0 Å². The molecule has 3 rings (SSSR count). The Morgan fingerprint density at radius 2 is 1.52 bits per heavy atom. The SMILES string of the molecule is C=CC.Cc1ccc(B(C2=CCCC=C2)c2ccccc2)cc1. The summed E-state index contributed by atoms with van der Waals surface area (Å²) in [4.78, 5) is 0. The molecule has 0 heterocycles. The molecule has 1 aliphatic carbocycles. The molecule has 0 fully saturated rings. The van der Waals surface area contributed by atoms with E-state index in [9.17, 15) is 0 Å². The zero-order valence-electron chi connectivity index (χ0n) is 14.2. The second-order valence-corrected chi connectivity index (χ2v) is 5.85. The fourth-order valence-electron chi connectivity index (χ4n) is 2.83. The molecular weight excluding hydrogens is 275 g/mol. The van der Waals surface area contributed by atoms with E-state index in [0.29, 0.717) is 6.71 Å². The molecule has 0 aromatic heterocycles. The van der Waals surface area contributed by atoms with Crippen LogP contribution in [0.5, 0.6) is 0 Å². The van der Waals surface area contributed by atoms with Crippen LogP contribution in [0.4, 0.5) is 0 Å². The van der Waals surface area contributed by atoms with Gasteiger partial charge in [0.1, 0.15) is 0 Å². The Labute approximate surface area is 141 Å². The number of allylic oxidation sites excluding steroid dienone is 5. The van der Waals surface area contributed by atoms with Gasteiger partial charge in [-0.25, -0.2) is 0 Å². The van der Waals surface area contributed by atoms with Crippen molar-refractivity contribution in [1.82, 2.24) is 0 Å². The van der Waals surface area contributed by atoms with Crippen molar-refractivity contribution in [1.29, 1.82) is 0 Å². The summed E-state index contributed by atoms with van der Waals surface area (Å²) in [6.45, 7) is 7.74. The lowest BCUT2D eigenvalue weighted by atomic mass is 9.36. The molecule has 1 aliphatic rings. The Morgan fingerprint density at radius 1 is 0.913 bits per heavy atom. The summed E-state index contributed by atoms with van der Waals surface area (Å²) in [6, 6.07) is 19.7. The van der Waals surface area contributed by atoms with E-state index >= 15 is 0 Å². The van der Waals surface area contributed by atoms with Gasteiger partial charge in [0.2, 0.25) is 6.71 Å². The van der Waals surface area contributed by atoms with E-state index in [4.69, 9.17) is 0 Å². The highest BCUT2D eigenvalue weighted by molar-refractivity contribution is 6.91. The summed E-state index contributed by atoms with van der Waals surface area (Å²) >= 11 is 0. The van der Waals surface area contributed by atoms with Crippen LogP contribution < -0.4 is 10.9 Å². The molecule has 23 heavy (non-hydrogen) atoms. The van der Waals surface area contributed by atoms with Crippen molar-refractivity contribution < 1.29 is 0 Å². The lowest BCUT2D eigenvalue weighted by Gasteiger charge is -2.18. The second kappa shape index (κ2) is 9.00. The minimum atomic E-state index is 0.355. The van der Waals surface area contributed by atoms with Crippen LogP contribution in [0.15, 0.2) is 91.0 Å². The van der Waals surface area contributed by atoms with Crippen LogP contribution in [0.3, 0.4) is 0 Å². The maximum atomic E-state index is 3.36. The van der Waals surface area contributed by atoms with E-state index in [0.717, 1.165) is 6.42 Å². The third-order valence-corrected chi connectivity index (χ3v) is 3.90. The topological polar surface area (TPSA) is 0 Å². The smallest absolute Gasteiger partial charge is 0.103 e. The van der Waals surface area contributed by atoms with Crippen molar-refractivity contribution in [2.45, 2.75) is 26.7 Å². The molecule has 0 aliphatic heterocycles. The molecule has 0 unspecified atom stereocenters. The number of aryl methyl sites for hydroxylation is 1. The fourth-order valence-corrected chi connectivity index (χ4v) is 2.83. The third kappa shape index (κ3) is 4.86. The summed E-state index contributed by atoms with van der Waals surface area (Å²) in [5.41, 5.74) is 5.48. The molecule has 0 N–H and O–H groups in total. The third-order valence-electron chi connectivity index (χ3n) is 3.90. The zero-order chi connectivity index (χ0) is 16.5. The Bertz CT molecular complexity index is 663. The van der Waals surface area contributed by atoms with E-state index in [2.05, 4.69) is 86.3 Å². The van der Waals surface area contributed by atoms with Crippen LogP contribution in [0.25, 0.3) is 0 Å². The van der Waals surface area contributed by atoms with E-state index < -0.39 is 0 Å². The molecule has 0 nitrogen and oxygen atoms in total. The van der Waals surface area contributed by atoms with Gasteiger partial charge in [0, 0.05) is 0 Å². The maximum Gasteiger partial charge on any atom is 0.240 e. The molecule has 1 heteroatoms. The Morgan fingerprint density at radius 3 is 2.09 bits per heavy atom. The largest absolute Gasteiger partial charge is 0.240 e. The van der Waals surface area contributed by atoms with Crippen molar-refractivity contribution in [2.24, 2.45) is 0 Å². The summed E-state index contributed by atoms with van der Waals surface area (Å²) in [6.07, 6.45) is 11.0. The number of benzene rings is 2. The molecule has 0 atom stereocenters. The second-order valence-electron chi connectivity index (χ2n) is 5.85. The van der Waals surface area contributed by atoms with E-state index in [1.807, 2.05) is 6.92 Å². The van der Waals surface area contributed by atoms with Gasteiger partial charge < -0.3 is 0 Å². The van der Waals surface area contributed by atoms with Crippen LogP contribution in [0.2, 0.25) is 0 Å². The highest BCUT2D eigenvalue weighted by Gasteiger charge is 2.22. The number of rotatable bonds is 3. The van der Waals surface area contributed by atoms with Crippen molar-refractivity contribution in [2.75, 3.05) is 0 Å². The van der Waals surface area contributed by atoms with Crippen LogP contribution in [0, 0.1) is 6.92 Å². The highest BCUT2D eigenvalue weighted by Crippen LogP contribution is 2.13. The van der Waals surface area contributed by atoms with E-state index in [1.54, 1.807) is 6.08 Å². The van der Waals surface area contributed by atoms with Crippen LogP contribution in [-0.4, -0.2) is 6.71 Å². The zero-order valence-corrected chi connectivity index (χ0v) is 14.2. The summed E-state index contributed by atoms with van der Waals surface area (Å²) in [5, 5.41) is 0. The Balaban J connectivity index is 0.000000595. The highest BCUT2D eigenvalue weighted by atomic mass is 14.0. The first kappa shape index (κ1) is 17.1. The van der Waals surface area contributed by atoms with Gasteiger partial charge in [0.25, 0.3) is 0 Å². The summed E-state index contributed by atoms with van der Waals surface area (Å²) in [7, 11) is 0. The molecule has 0 saturated carbocycles. The quantitative estimate of drug-likeness (QED) is 0.573. The Kier molecular flexibility index (Phi) is 6.68. The van der Waals surface area contributed by atoms with Crippen LogP contribution >= 0.6 is 0 Å². The predicted molar refractivity (Wildman–Crippen MR) is 105 cm³/mol. The number of hydrogen-bond donors (Lipinski definition) is 0. The van der Waals surface area contributed by atoms with Gasteiger partial charge in [0.15, 0.2) is 0 Å². The average molecular weight is 300 g/mol.